The Morgan fingerprint density at radius 3 is 2.57 bits per heavy atom. The van der Waals surface area contributed by atoms with Crippen molar-refractivity contribution in [3.63, 3.8) is 0 Å². The van der Waals surface area contributed by atoms with Gasteiger partial charge in [0.2, 0.25) is 17.7 Å². The average molecular weight is 516 g/mol. The van der Waals surface area contributed by atoms with Gasteiger partial charge in [-0.05, 0) is 62.8 Å². The molecular weight excluding hydrogens is 474 g/mol. The average Bonchev–Trinajstić information content (AvgIpc) is 3.51. The van der Waals surface area contributed by atoms with E-state index in [2.05, 4.69) is 10.6 Å². The molecule has 3 saturated heterocycles. The molecule has 3 amide bonds. The maximum absolute atomic E-state index is 14.0. The molecule has 2 bridgehead atoms. The highest BCUT2D eigenvalue weighted by atomic mass is 16.5. The van der Waals surface area contributed by atoms with E-state index in [-0.39, 0.29) is 30.2 Å². The van der Waals surface area contributed by atoms with Gasteiger partial charge in [-0.25, -0.2) is 0 Å². The Balaban J connectivity index is 1.63. The first kappa shape index (κ1) is 27.4. The molecule has 1 aromatic carbocycles. The van der Waals surface area contributed by atoms with E-state index in [1.165, 1.54) is 0 Å². The van der Waals surface area contributed by atoms with Crippen LogP contribution in [0.3, 0.4) is 0 Å². The van der Waals surface area contributed by atoms with Gasteiger partial charge in [-0.3, -0.25) is 14.4 Å². The van der Waals surface area contributed by atoms with Gasteiger partial charge in [-0.2, -0.15) is 0 Å². The van der Waals surface area contributed by atoms with Crippen molar-refractivity contribution in [2.45, 2.75) is 83.6 Å². The molecule has 0 aromatic heterocycles. The molecule has 3 aliphatic heterocycles. The lowest BCUT2D eigenvalue weighted by Crippen LogP contribution is -2.58. The number of hydrogen-bond acceptors (Lipinski definition) is 6. The molecule has 3 fully saturated rings. The van der Waals surface area contributed by atoms with Crippen LogP contribution in [-0.2, 0) is 19.1 Å². The van der Waals surface area contributed by atoms with Gasteiger partial charge in [0.25, 0.3) is 0 Å². The number of nitrogens with one attached hydrogen (secondary N) is 2. The maximum Gasteiger partial charge on any atom is 0.245 e. The predicted octanol–water partition coefficient (Wildman–Crippen LogP) is 2.72. The standard InChI is InChI=1S/C28H41N3O6/c1-5-7-14-29-26(34)24-28-13-12-21(37-28)22(23(28)27(35)31(24)19(16-32)15-17(3)4)25(33)30-18-8-10-20(11-9-18)36-6-2/h8-11,17,19,21-24,32H,5-7,12-16H2,1-4H3,(H,29,34)(H,30,33)/t19-,21-,22+,23+,24?,28?/m1/s1. The summed E-state index contributed by atoms with van der Waals surface area (Å²) >= 11 is 0. The van der Waals surface area contributed by atoms with E-state index in [4.69, 9.17) is 9.47 Å². The Morgan fingerprint density at radius 1 is 1.22 bits per heavy atom. The molecule has 0 radical (unpaired) electrons. The van der Waals surface area contributed by atoms with Crippen LogP contribution in [0.25, 0.3) is 0 Å². The van der Waals surface area contributed by atoms with E-state index in [1.54, 1.807) is 29.2 Å². The molecule has 3 N–H and O–H groups in total. The predicted molar refractivity (Wildman–Crippen MR) is 139 cm³/mol. The number of hydrogen-bond donors (Lipinski definition) is 3. The van der Waals surface area contributed by atoms with Gasteiger partial charge in [0.05, 0.1) is 37.2 Å². The van der Waals surface area contributed by atoms with E-state index in [0.717, 1.165) is 12.8 Å². The number of benzene rings is 1. The zero-order valence-corrected chi connectivity index (χ0v) is 22.4. The van der Waals surface area contributed by atoms with E-state index < -0.39 is 35.6 Å². The first-order valence-electron chi connectivity index (χ1n) is 13.7. The molecule has 4 rings (SSSR count). The topological polar surface area (TPSA) is 117 Å². The summed E-state index contributed by atoms with van der Waals surface area (Å²) in [6, 6.07) is 5.72. The molecule has 0 saturated carbocycles. The summed E-state index contributed by atoms with van der Waals surface area (Å²) in [6.45, 7) is 8.80. The number of anilines is 1. The van der Waals surface area contributed by atoms with Gasteiger partial charge in [0.15, 0.2) is 0 Å². The van der Waals surface area contributed by atoms with Crippen LogP contribution >= 0.6 is 0 Å². The van der Waals surface area contributed by atoms with E-state index in [9.17, 15) is 19.5 Å². The molecular formula is C28H41N3O6. The number of likely N-dealkylation sites (tertiary alicyclic amines) is 1. The molecule has 37 heavy (non-hydrogen) atoms. The number of carbonyl (C=O) groups excluding carboxylic acids is 3. The monoisotopic (exact) mass is 515 g/mol. The SMILES string of the molecule is CCCCNC(=O)C1N([C@@H](CO)CC(C)C)C(=O)[C@@H]2[C@@H](C(=O)Nc3ccc(OCC)cc3)[C@H]3CCC12O3. The van der Waals surface area contributed by atoms with Gasteiger partial charge < -0.3 is 30.1 Å². The van der Waals surface area contributed by atoms with Crippen LogP contribution < -0.4 is 15.4 Å². The lowest BCUT2D eigenvalue weighted by Gasteiger charge is -2.37. The zero-order chi connectivity index (χ0) is 26.7. The number of amides is 3. The van der Waals surface area contributed by atoms with Crippen LogP contribution in [0.15, 0.2) is 24.3 Å². The Morgan fingerprint density at radius 2 is 1.95 bits per heavy atom. The van der Waals surface area contributed by atoms with Crippen LogP contribution in [0.4, 0.5) is 5.69 Å². The number of ether oxygens (including phenoxy) is 2. The molecule has 0 aliphatic carbocycles. The third kappa shape index (κ3) is 5.08. The molecule has 2 unspecified atom stereocenters. The second-order valence-corrected chi connectivity index (χ2v) is 10.9. The highest BCUT2D eigenvalue weighted by Crippen LogP contribution is 2.59. The molecule has 1 spiro atoms. The summed E-state index contributed by atoms with van der Waals surface area (Å²) in [5.74, 6) is -1.38. The summed E-state index contributed by atoms with van der Waals surface area (Å²) in [6.07, 6.45) is 3.02. The second kappa shape index (κ2) is 11.4. The fraction of sp³-hybridized carbons (Fsp3) is 0.679. The summed E-state index contributed by atoms with van der Waals surface area (Å²) in [7, 11) is 0. The normalized spacial score (nSPS) is 28.9. The number of fused-ring (bicyclic) bond motifs is 1. The Hall–Kier alpha value is -2.65. The minimum atomic E-state index is -1.07. The van der Waals surface area contributed by atoms with Gasteiger partial charge in [-0.15, -0.1) is 0 Å². The van der Waals surface area contributed by atoms with Crippen LogP contribution in [0.2, 0.25) is 0 Å². The van der Waals surface area contributed by atoms with Crippen molar-refractivity contribution in [1.29, 1.82) is 0 Å². The van der Waals surface area contributed by atoms with Crippen molar-refractivity contribution in [2.75, 3.05) is 25.1 Å². The molecule has 9 nitrogen and oxygen atoms in total. The summed E-state index contributed by atoms with van der Waals surface area (Å²) in [5.41, 5.74) is -0.460. The number of unbranched alkanes of at least 4 members (excludes halogenated alkanes) is 1. The Labute approximate surface area is 219 Å². The number of rotatable bonds is 12. The maximum atomic E-state index is 14.0. The minimum absolute atomic E-state index is 0.211. The summed E-state index contributed by atoms with van der Waals surface area (Å²) in [4.78, 5) is 42.7. The van der Waals surface area contributed by atoms with E-state index in [1.807, 2.05) is 27.7 Å². The van der Waals surface area contributed by atoms with Crippen molar-refractivity contribution < 1.29 is 29.0 Å². The molecule has 3 aliphatic rings. The van der Waals surface area contributed by atoms with Crippen LogP contribution in [-0.4, -0.2) is 71.3 Å². The van der Waals surface area contributed by atoms with Crippen molar-refractivity contribution in [1.82, 2.24) is 10.2 Å². The quantitative estimate of drug-likeness (QED) is 0.369. The highest BCUT2D eigenvalue weighted by Gasteiger charge is 2.75. The molecule has 204 valence electrons. The highest BCUT2D eigenvalue weighted by molar-refractivity contribution is 6.02. The second-order valence-electron chi connectivity index (χ2n) is 10.9. The molecule has 9 heteroatoms. The molecule has 3 heterocycles. The first-order valence-corrected chi connectivity index (χ1v) is 13.7. The van der Waals surface area contributed by atoms with Crippen molar-refractivity contribution in [2.24, 2.45) is 17.8 Å². The molecule has 6 atom stereocenters. The van der Waals surface area contributed by atoms with Crippen molar-refractivity contribution in [3.05, 3.63) is 24.3 Å². The number of nitrogens with zero attached hydrogens (tertiary/aromatic N) is 1. The van der Waals surface area contributed by atoms with Crippen LogP contribution in [0, 0.1) is 17.8 Å². The Bertz CT molecular complexity index is 983. The lowest BCUT2D eigenvalue weighted by atomic mass is 9.70. The van der Waals surface area contributed by atoms with E-state index in [0.29, 0.717) is 43.9 Å². The fourth-order valence-electron chi connectivity index (χ4n) is 6.42. The summed E-state index contributed by atoms with van der Waals surface area (Å²) in [5, 5.41) is 16.2. The van der Waals surface area contributed by atoms with Gasteiger partial charge in [-0.1, -0.05) is 27.2 Å². The van der Waals surface area contributed by atoms with Gasteiger partial charge in [0, 0.05) is 12.2 Å². The van der Waals surface area contributed by atoms with Gasteiger partial charge >= 0.3 is 0 Å². The molecule has 1 aromatic rings. The smallest absolute Gasteiger partial charge is 0.245 e. The Kier molecular flexibility index (Phi) is 8.43. The lowest BCUT2D eigenvalue weighted by molar-refractivity contribution is -0.145. The third-order valence-electron chi connectivity index (χ3n) is 7.90. The third-order valence-corrected chi connectivity index (χ3v) is 7.90. The van der Waals surface area contributed by atoms with E-state index >= 15 is 0 Å². The number of aliphatic hydroxyl groups excluding tert-OH is 1. The number of aliphatic hydroxyl groups is 1. The van der Waals surface area contributed by atoms with Gasteiger partial charge in [0.1, 0.15) is 17.4 Å². The minimum Gasteiger partial charge on any atom is -0.494 e. The fourth-order valence-corrected chi connectivity index (χ4v) is 6.42. The van der Waals surface area contributed by atoms with Crippen molar-refractivity contribution in [3.8, 4) is 5.75 Å². The van der Waals surface area contributed by atoms with Crippen LogP contribution in [0.1, 0.15) is 59.8 Å². The van der Waals surface area contributed by atoms with Crippen molar-refractivity contribution >= 4 is 23.4 Å². The first-order chi connectivity index (χ1) is 17.8. The largest absolute Gasteiger partial charge is 0.494 e. The number of carbonyl (C=O) groups is 3. The zero-order valence-electron chi connectivity index (χ0n) is 22.4. The van der Waals surface area contributed by atoms with Crippen LogP contribution in [0.5, 0.6) is 5.75 Å². The summed E-state index contributed by atoms with van der Waals surface area (Å²) < 4.78 is 11.9.